The Labute approximate surface area is 276 Å². The first-order valence-corrected chi connectivity index (χ1v) is 16.8. The van der Waals surface area contributed by atoms with Crippen molar-refractivity contribution in [1.82, 2.24) is 19.9 Å². The zero-order valence-corrected chi connectivity index (χ0v) is 26.8. The minimum absolute atomic E-state index is 0.0751. The molecular formula is C34H28ClN7O4S. The number of sulfonamides is 1. The molecule has 0 radical (unpaired) electrons. The number of ether oxygens (including phenoxy) is 1. The number of nitrogens with zero attached hydrogens (tertiary/aromatic N) is 7. The number of piperazine rings is 1. The normalized spacial score (nSPS) is 18.3. The number of hydrogen-bond donors (Lipinski definition) is 0. The zero-order chi connectivity index (χ0) is 32.8. The fraction of sp³-hybridized carbons (Fsp3) is 0.206. The van der Waals surface area contributed by atoms with Crippen molar-refractivity contribution in [2.75, 3.05) is 42.0 Å². The number of hydrogen-bond acceptors (Lipinski definition) is 10. The van der Waals surface area contributed by atoms with E-state index in [9.17, 15) is 13.7 Å². The number of nitriles is 1. The number of benzene rings is 2. The topological polar surface area (TPSA) is 133 Å². The van der Waals surface area contributed by atoms with E-state index in [1.807, 2.05) is 17.0 Å². The lowest BCUT2D eigenvalue weighted by molar-refractivity contribution is -0.126. The molecule has 2 aliphatic heterocycles. The van der Waals surface area contributed by atoms with Crippen LogP contribution in [-0.4, -0.2) is 67.0 Å². The van der Waals surface area contributed by atoms with Crippen LogP contribution in [0.4, 0.5) is 11.4 Å². The van der Waals surface area contributed by atoms with Gasteiger partial charge in [0, 0.05) is 67.5 Å². The van der Waals surface area contributed by atoms with E-state index >= 15 is 4.79 Å². The molecule has 1 amide bonds. The van der Waals surface area contributed by atoms with Crippen molar-refractivity contribution in [3.05, 3.63) is 113 Å². The second-order valence-electron chi connectivity index (χ2n) is 11.1. The summed E-state index contributed by atoms with van der Waals surface area (Å²) in [7, 11) is -4.53. The van der Waals surface area contributed by atoms with Gasteiger partial charge in [-0.1, -0.05) is 29.8 Å². The lowest BCUT2D eigenvalue weighted by Gasteiger charge is -2.45. The molecule has 0 bridgehead atoms. The van der Waals surface area contributed by atoms with Gasteiger partial charge in [-0.05, 0) is 61.0 Å². The minimum atomic E-state index is -4.53. The number of amides is 1. The van der Waals surface area contributed by atoms with E-state index in [2.05, 4.69) is 25.9 Å². The van der Waals surface area contributed by atoms with Gasteiger partial charge in [0.2, 0.25) is 5.88 Å². The predicted octanol–water partition coefficient (Wildman–Crippen LogP) is 4.75. The number of aromatic nitrogens is 3. The molecule has 47 heavy (non-hydrogen) atoms. The third-order valence-corrected chi connectivity index (χ3v) is 10.5. The Balaban J connectivity index is 1.46. The van der Waals surface area contributed by atoms with Gasteiger partial charge in [0.25, 0.3) is 15.9 Å². The summed E-state index contributed by atoms with van der Waals surface area (Å²) in [6.07, 6.45) is 4.96. The van der Waals surface area contributed by atoms with E-state index in [1.165, 1.54) is 24.4 Å². The Morgan fingerprint density at radius 1 is 0.979 bits per heavy atom. The molecule has 5 aromatic rings. The summed E-state index contributed by atoms with van der Waals surface area (Å²) in [5.41, 5.74) is 0.672. The predicted molar refractivity (Wildman–Crippen MR) is 177 cm³/mol. The van der Waals surface area contributed by atoms with Gasteiger partial charge in [0.15, 0.2) is 5.54 Å². The average molecular weight is 666 g/mol. The molecule has 0 aliphatic carbocycles. The van der Waals surface area contributed by atoms with E-state index in [-0.39, 0.29) is 32.7 Å². The van der Waals surface area contributed by atoms with Crippen LogP contribution < -0.4 is 13.9 Å². The number of carbonyl (C=O) groups excluding carboxylic acids is 1. The number of rotatable bonds is 7. The number of halogens is 1. The fourth-order valence-corrected chi connectivity index (χ4v) is 8.42. The molecule has 5 heterocycles. The van der Waals surface area contributed by atoms with Crippen LogP contribution in [0, 0.1) is 11.3 Å². The lowest BCUT2D eigenvalue weighted by Crippen LogP contribution is -2.60. The van der Waals surface area contributed by atoms with Gasteiger partial charge in [0.1, 0.15) is 10.0 Å². The highest BCUT2D eigenvalue weighted by atomic mass is 35.5. The molecular weight excluding hydrogens is 638 g/mol. The maximum Gasteiger partial charge on any atom is 0.273 e. The smallest absolute Gasteiger partial charge is 0.273 e. The van der Waals surface area contributed by atoms with Gasteiger partial charge in [-0.3, -0.25) is 19.7 Å². The SMILES string of the molecule is CCOc1cc(C2(N3CCN(c4ccncc4)CC3)C(=O)N(S(=O)(=O)c3cccc4cccnc34)c3ccc(C#N)cc32)cc(Cl)n1. The molecule has 2 aromatic carbocycles. The maximum atomic E-state index is 15.3. The van der Waals surface area contributed by atoms with Crippen LogP contribution in [0.3, 0.4) is 0 Å². The van der Waals surface area contributed by atoms with Crippen LogP contribution >= 0.6 is 11.6 Å². The minimum Gasteiger partial charge on any atom is -0.478 e. The van der Waals surface area contributed by atoms with Crippen molar-refractivity contribution < 1.29 is 17.9 Å². The highest BCUT2D eigenvalue weighted by Gasteiger charge is 2.60. The van der Waals surface area contributed by atoms with Crippen LogP contribution in [0.5, 0.6) is 5.88 Å². The highest BCUT2D eigenvalue weighted by molar-refractivity contribution is 7.93. The first kappa shape index (κ1) is 30.6. The Morgan fingerprint density at radius 3 is 2.49 bits per heavy atom. The molecule has 0 spiro atoms. The maximum absolute atomic E-state index is 15.3. The molecule has 0 saturated carbocycles. The van der Waals surface area contributed by atoms with Crippen molar-refractivity contribution in [2.45, 2.75) is 17.4 Å². The fourth-order valence-electron chi connectivity index (χ4n) is 6.59. The van der Waals surface area contributed by atoms with Gasteiger partial charge < -0.3 is 9.64 Å². The summed E-state index contributed by atoms with van der Waals surface area (Å²) < 4.78 is 36.1. The van der Waals surface area contributed by atoms with Crippen molar-refractivity contribution in [1.29, 1.82) is 5.26 Å². The Kier molecular flexibility index (Phi) is 7.76. The van der Waals surface area contributed by atoms with Gasteiger partial charge in [0.05, 0.1) is 29.4 Å². The number of para-hydroxylation sites is 1. The summed E-state index contributed by atoms with van der Waals surface area (Å²) in [5.74, 6) is -0.534. The number of pyridine rings is 3. The average Bonchev–Trinajstić information content (AvgIpc) is 3.36. The number of carbonyl (C=O) groups is 1. The molecule has 0 N–H and O–H groups in total. The van der Waals surface area contributed by atoms with E-state index in [1.54, 1.807) is 61.8 Å². The molecule has 1 fully saturated rings. The number of anilines is 2. The molecule has 2 aliphatic rings. The largest absolute Gasteiger partial charge is 0.478 e. The molecule has 1 atom stereocenters. The van der Waals surface area contributed by atoms with E-state index in [0.717, 1.165) is 9.99 Å². The molecule has 3 aromatic heterocycles. The third-order valence-electron chi connectivity index (χ3n) is 8.60. The monoisotopic (exact) mass is 665 g/mol. The number of fused-ring (bicyclic) bond motifs is 2. The summed E-state index contributed by atoms with van der Waals surface area (Å²) in [5, 5.41) is 10.7. The van der Waals surface area contributed by atoms with Crippen molar-refractivity contribution in [3.63, 3.8) is 0 Å². The quantitative estimate of drug-likeness (QED) is 0.224. The van der Waals surface area contributed by atoms with Gasteiger partial charge >= 0.3 is 0 Å². The van der Waals surface area contributed by atoms with E-state index in [4.69, 9.17) is 16.3 Å². The molecule has 11 nitrogen and oxygen atoms in total. The highest BCUT2D eigenvalue weighted by Crippen LogP contribution is 2.52. The molecule has 1 unspecified atom stereocenters. The van der Waals surface area contributed by atoms with Gasteiger partial charge in [-0.15, -0.1) is 0 Å². The van der Waals surface area contributed by atoms with Crippen molar-refractivity contribution >= 4 is 49.8 Å². The summed E-state index contributed by atoms with van der Waals surface area (Å²) in [6, 6.07) is 22.1. The first-order chi connectivity index (χ1) is 22.8. The first-order valence-electron chi connectivity index (χ1n) is 15.0. The summed E-state index contributed by atoms with van der Waals surface area (Å²) >= 11 is 6.56. The third kappa shape index (κ3) is 4.95. The molecule has 13 heteroatoms. The van der Waals surface area contributed by atoms with E-state index in [0.29, 0.717) is 49.3 Å². The summed E-state index contributed by atoms with van der Waals surface area (Å²) in [6.45, 7) is 3.91. The van der Waals surface area contributed by atoms with Crippen LogP contribution in [-0.2, 0) is 20.4 Å². The van der Waals surface area contributed by atoms with Crippen LogP contribution in [0.2, 0.25) is 5.15 Å². The second-order valence-corrected chi connectivity index (χ2v) is 13.2. The van der Waals surface area contributed by atoms with Crippen LogP contribution in [0.15, 0.2) is 96.3 Å². The van der Waals surface area contributed by atoms with E-state index < -0.39 is 21.5 Å². The van der Waals surface area contributed by atoms with Crippen molar-refractivity contribution in [2.24, 2.45) is 0 Å². The van der Waals surface area contributed by atoms with Gasteiger partial charge in [-0.2, -0.15) is 5.26 Å². The zero-order valence-electron chi connectivity index (χ0n) is 25.2. The second kappa shape index (κ2) is 11.9. The summed E-state index contributed by atoms with van der Waals surface area (Å²) in [4.78, 5) is 32.2. The standard InChI is InChI=1S/C34H28ClN7O4S/c1-2-46-31-21-25(20-30(35)39-31)34(41-17-15-40(16-18-41)26-10-13-37-14-11-26)27-19-23(22-36)8-9-28(27)42(33(34)43)47(44,45)29-7-3-5-24-6-4-12-38-32(24)29/h3-14,19-21H,2,15-18H2,1H3. The van der Waals surface area contributed by atoms with Crippen molar-refractivity contribution in [3.8, 4) is 11.9 Å². The van der Waals surface area contributed by atoms with Gasteiger partial charge in [-0.25, -0.2) is 17.7 Å². The lowest BCUT2D eigenvalue weighted by atomic mass is 9.81. The van der Waals surface area contributed by atoms with Crippen LogP contribution in [0.1, 0.15) is 23.6 Å². The van der Waals surface area contributed by atoms with Crippen LogP contribution in [0.25, 0.3) is 10.9 Å². The molecule has 7 rings (SSSR count). The Bertz CT molecular complexity index is 2160. The molecule has 1 saturated heterocycles. The molecule has 236 valence electrons. The Hall–Kier alpha value is -5.09. The Morgan fingerprint density at radius 2 is 1.74 bits per heavy atom.